The van der Waals surface area contributed by atoms with Crippen molar-refractivity contribution in [2.45, 2.75) is 19.0 Å². The number of rotatable bonds is 3. The lowest BCUT2D eigenvalue weighted by Gasteiger charge is -2.14. The summed E-state index contributed by atoms with van der Waals surface area (Å²) in [5.74, 6) is -0.345. The highest BCUT2D eigenvalue weighted by Gasteiger charge is 2.32. The molecule has 0 saturated carbocycles. The van der Waals surface area contributed by atoms with Crippen molar-refractivity contribution in [3.05, 3.63) is 29.8 Å². The van der Waals surface area contributed by atoms with Crippen LogP contribution in [0.1, 0.15) is 18.4 Å². The Labute approximate surface area is 107 Å². The molecular weight excluding hydrogens is 259 g/mol. The van der Waals surface area contributed by atoms with E-state index in [0.29, 0.717) is 18.7 Å². The van der Waals surface area contributed by atoms with Crippen LogP contribution < -0.4 is 10.7 Å². The average Bonchev–Trinajstić information content (AvgIpc) is 2.70. The van der Waals surface area contributed by atoms with Crippen LogP contribution in [0.3, 0.4) is 0 Å². The van der Waals surface area contributed by atoms with Gasteiger partial charge in [-0.2, -0.15) is 18.3 Å². The van der Waals surface area contributed by atoms with E-state index in [1.165, 1.54) is 12.1 Å². The number of hydrazone groups is 1. The first-order valence-electron chi connectivity index (χ1n) is 5.68. The van der Waals surface area contributed by atoms with Crippen LogP contribution in [0.5, 0.6) is 0 Å². The largest absolute Gasteiger partial charge is 0.416 e. The van der Waals surface area contributed by atoms with Gasteiger partial charge in [-0.25, -0.2) is 5.01 Å². The third kappa shape index (κ3) is 2.93. The number of benzene rings is 1. The van der Waals surface area contributed by atoms with Crippen LogP contribution in [0.2, 0.25) is 0 Å². The molecule has 1 aliphatic rings. The van der Waals surface area contributed by atoms with Crippen molar-refractivity contribution in [1.29, 1.82) is 0 Å². The number of alkyl halides is 3. The molecule has 1 aliphatic heterocycles. The van der Waals surface area contributed by atoms with Gasteiger partial charge in [0.1, 0.15) is 0 Å². The Morgan fingerprint density at radius 2 is 2.11 bits per heavy atom. The van der Waals surface area contributed by atoms with E-state index in [9.17, 15) is 18.0 Å². The Morgan fingerprint density at radius 1 is 1.37 bits per heavy atom. The quantitative estimate of drug-likeness (QED) is 0.915. The van der Waals surface area contributed by atoms with Gasteiger partial charge in [0, 0.05) is 12.1 Å². The monoisotopic (exact) mass is 271 g/mol. The molecule has 2 N–H and O–H groups in total. The molecule has 1 aromatic rings. The van der Waals surface area contributed by atoms with Gasteiger partial charge in [0.15, 0.2) is 0 Å². The van der Waals surface area contributed by atoms with E-state index in [-0.39, 0.29) is 18.0 Å². The fourth-order valence-corrected chi connectivity index (χ4v) is 1.80. The lowest BCUT2D eigenvalue weighted by atomic mass is 10.2. The molecule has 19 heavy (non-hydrogen) atoms. The molecule has 0 bridgehead atoms. The molecule has 1 amide bonds. The summed E-state index contributed by atoms with van der Waals surface area (Å²) in [6, 6.07) is 4.53. The molecule has 0 spiro atoms. The Morgan fingerprint density at radius 3 is 2.74 bits per heavy atom. The number of nitrogens with zero attached hydrogens (tertiary/aromatic N) is 2. The van der Waals surface area contributed by atoms with E-state index in [0.717, 1.165) is 17.1 Å². The highest BCUT2D eigenvalue weighted by atomic mass is 19.4. The Bertz CT molecular complexity index is 525. The summed E-state index contributed by atoms with van der Waals surface area (Å²) in [5, 5.41) is 5.01. The molecule has 1 aromatic carbocycles. The maximum atomic E-state index is 12.6. The average molecular weight is 271 g/mol. The van der Waals surface area contributed by atoms with Crippen LogP contribution in [0, 0.1) is 0 Å². The van der Waals surface area contributed by atoms with Crippen LogP contribution >= 0.6 is 0 Å². The van der Waals surface area contributed by atoms with Gasteiger partial charge in [-0.15, -0.1) is 0 Å². The molecule has 1 heterocycles. The molecule has 7 heteroatoms. The number of nitrogens with two attached hydrogens (primary N) is 1. The summed E-state index contributed by atoms with van der Waals surface area (Å²) < 4.78 is 37.8. The van der Waals surface area contributed by atoms with Gasteiger partial charge in [-0.1, -0.05) is 6.07 Å². The second-order valence-corrected chi connectivity index (χ2v) is 4.14. The minimum atomic E-state index is -4.44. The molecule has 4 nitrogen and oxygen atoms in total. The third-order valence-electron chi connectivity index (χ3n) is 2.68. The summed E-state index contributed by atoms with van der Waals surface area (Å²) in [4.78, 5) is 11.7. The zero-order valence-electron chi connectivity index (χ0n) is 9.94. The Balaban J connectivity index is 2.30. The smallest absolute Gasteiger partial charge is 0.330 e. The number of hydrogen-bond donors (Lipinski definition) is 1. The van der Waals surface area contributed by atoms with Gasteiger partial charge in [0.2, 0.25) is 0 Å². The van der Waals surface area contributed by atoms with E-state index in [4.69, 9.17) is 5.73 Å². The van der Waals surface area contributed by atoms with Crippen molar-refractivity contribution >= 4 is 17.3 Å². The predicted molar refractivity (Wildman–Crippen MR) is 64.7 cm³/mol. The van der Waals surface area contributed by atoms with Gasteiger partial charge >= 0.3 is 6.18 Å². The standard InChI is InChI=1S/C12H12F3N3O/c13-12(14,15)8-2-1-3-10(6-8)18-11(19)7-9(17-18)4-5-16/h1-3,6H,4-5,7,16H2. The van der Waals surface area contributed by atoms with Crippen LogP contribution in [0.15, 0.2) is 29.4 Å². The van der Waals surface area contributed by atoms with Gasteiger partial charge < -0.3 is 5.73 Å². The van der Waals surface area contributed by atoms with E-state index in [2.05, 4.69) is 5.10 Å². The minimum Gasteiger partial charge on any atom is -0.330 e. The van der Waals surface area contributed by atoms with Crippen molar-refractivity contribution in [3.8, 4) is 0 Å². The highest BCUT2D eigenvalue weighted by Crippen LogP contribution is 2.32. The first-order valence-corrected chi connectivity index (χ1v) is 5.68. The summed E-state index contributed by atoms with van der Waals surface area (Å²) >= 11 is 0. The van der Waals surface area contributed by atoms with Crippen molar-refractivity contribution in [2.75, 3.05) is 11.6 Å². The van der Waals surface area contributed by atoms with Crippen LogP contribution in [0.25, 0.3) is 0 Å². The Kier molecular flexibility index (Phi) is 3.57. The van der Waals surface area contributed by atoms with Crippen molar-refractivity contribution in [2.24, 2.45) is 10.8 Å². The maximum absolute atomic E-state index is 12.6. The normalized spacial score (nSPS) is 15.9. The highest BCUT2D eigenvalue weighted by molar-refractivity contribution is 6.13. The number of halogens is 3. The van der Waals surface area contributed by atoms with Crippen molar-refractivity contribution in [1.82, 2.24) is 0 Å². The minimum absolute atomic E-state index is 0.105. The van der Waals surface area contributed by atoms with E-state index < -0.39 is 11.7 Å². The molecule has 0 atom stereocenters. The molecule has 0 aliphatic carbocycles. The summed E-state index contributed by atoms with van der Waals surface area (Å²) in [6.07, 6.45) is -3.88. The SMILES string of the molecule is NCCC1=NN(c2cccc(C(F)(F)F)c2)C(=O)C1. The fraction of sp³-hybridized carbons (Fsp3) is 0.333. The topological polar surface area (TPSA) is 58.7 Å². The lowest BCUT2D eigenvalue weighted by molar-refractivity contribution is -0.137. The number of carbonyl (C=O) groups excluding carboxylic acids is 1. The van der Waals surface area contributed by atoms with Crippen LogP contribution in [0.4, 0.5) is 18.9 Å². The second-order valence-electron chi connectivity index (χ2n) is 4.14. The van der Waals surface area contributed by atoms with Gasteiger partial charge in [0.05, 0.1) is 17.7 Å². The van der Waals surface area contributed by atoms with Crippen molar-refractivity contribution < 1.29 is 18.0 Å². The zero-order valence-corrected chi connectivity index (χ0v) is 9.94. The summed E-state index contributed by atoms with van der Waals surface area (Å²) in [5.41, 5.74) is 5.26. The molecule has 102 valence electrons. The van der Waals surface area contributed by atoms with Crippen molar-refractivity contribution in [3.63, 3.8) is 0 Å². The first-order chi connectivity index (χ1) is 8.91. The number of amides is 1. The molecule has 0 radical (unpaired) electrons. The zero-order chi connectivity index (χ0) is 14.0. The molecular formula is C12H12F3N3O. The number of hydrogen-bond acceptors (Lipinski definition) is 3. The fourth-order valence-electron chi connectivity index (χ4n) is 1.80. The molecule has 2 rings (SSSR count). The van der Waals surface area contributed by atoms with E-state index >= 15 is 0 Å². The molecule has 0 aromatic heterocycles. The van der Waals surface area contributed by atoms with Gasteiger partial charge in [-0.3, -0.25) is 4.79 Å². The lowest BCUT2D eigenvalue weighted by Crippen LogP contribution is -2.20. The molecule has 0 saturated heterocycles. The van der Waals surface area contributed by atoms with Crippen LogP contribution in [-0.4, -0.2) is 18.2 Å². The maximum Gasteiger partial charge on any atom is 0.416 e. The van der Waals surface area contributed by atoms with E-state index in [1.54, 1.807) is 0 Å². The number of anilines is 1. The third-order valence-corrected chi connectivity index (χ3v) is 2.68. The van der Waals surface area contributed by atoms with Gasteiger partial charge in [-0.05, 0) is 24.7 Å². The molecule has 0 fully saturated rings. The summed E-state index contributed by atoms with van der Waals surface area (Å²) in [7, 11) is 0. The predicted octanol–water partition coefficient (Wildman–Crippen LogP) is 2.15. The Hall–Kier alpha value is -1.89. The first kappa shape index (κ1) is 13.5. The summed E-state index contributed by atoms with van der Waals surface area (Å²) in [6.45, 7) is 0.350. The second kappa shape index (κ2) is 5.00. The molecule has 0 unspecified atom stereocenters. The van der Waals surface area contributed by atoms with Crippen LogP contribution in [-0.2, 0) is 11.0 Å². The van der Waals surface area contributed by atoms with Gasteiger partial charge in [0.25, 0.3) is 5.91 Å². The van der Waals surface area contributed by atoms with E-state index in [1.807, 2.05) is 0 Å². The number of carbonyl (C=O) groups is 1.